The van der Waals surface area contributed by atoms with Crippen LogP contribution in [0.15, 0.2) is 18.2 Å². The monoisotopic (exact) mass is 253 g/mol. The summed E-state index contributed by atoms with van der Waals surface area (Å²) >= 11 is 0. The predicted octanol–water partition coefficient (Wildman–Crippen LogP) is 1.12. The standard InChI is InChI=1S/C13H19NO4/c1-16-10-3-4-11(12(5-10)17-2)14-6-13(7-15)8-18-9-13/h3-5,14-15H,6-9H2,1-2H3. The number of ether oxygens (including phenoxy) is 3. The third-order valence-corrected chi connectivity index (χ3v) is 3.21. The van der Waals surface area contributed by atoms with Crippen molar-refractivity contribution in [2.45, 2.75) is 0 Å². The highest BCUT2D eigenvalue weighted by molar-refractivity contribution is 5.59. The predicted molar refractivity (Wildman–Crippen MR) is 68.4 cm³/mol. The van der Waals surface area contributed by atoms with Gasteiger partial charge in [-0.25, -0.2) is 0 Å². The van der Waals surface area contributed by atoms with Crippen molar-refractivity contribution in [1.82, 2.24) is 0 Å². The number of rotatable bonds is 6. The summed E-state index contributed by atoms with van der Waals surface area (Å²) in [5.41, 5.74) is 0.725. The van der Waals surface area contributed by atoms with Gasteiger partial charge in [0.1, 0.15) is 11.5 Å². The molecule has 0 amide bonds. The molecule has 0 aliphatic carbocycles. The van der Waals surface area contributed by atoms with Gasteiger partial charge in [-0.3, -0.25) is 0 Å². The molecule has 0 aromatic heterocycles. The molecule has 100 valence electrons. The number of aliphatic hydroxyl groups excluding tert-OH is 1. The van der Waals surface area contributed by atoms with E-state index in [0.717, 1.165) is 17.2 Å². The average Bonchev–Trinajstić information content (AvgIpc) is 2.38. The minimum atomic E-state index is -0.162. The Balaban J connectivity index is 2.04. The highest BCUT2D eigenvalue weighted by Gasteiger charge is 2.37. The summed E-state index contributed by atoms with van der Waals surface area (Å²) in [5, 5.41) is 12.6. The second-order valence-corrected chi connectivity index (χ2v) is 4.57. The van der Waals surface area contributed by atoms with Crippen LogP contribution in [0, 0.1) is 5.41 Å². The van der Waals surface area contributed by atoms with Gasteiger partial charge < -0.3 is 24.6 Å². The van der Waals surface area contributed by atoms with Crippen LogP contribution >= 0.6 is 0 Å². The largest absolute Gasteiger partial charge is 0.497 e. The minimum absolute atomic E-state index is 0.123. The van der Waals surface area contributed by atoms with Crippen molar-refractivity contribution in [3.8, 4) is 11.5 Å². The van der Waals surface area contributed by atoms with E-state index in [9.17, 15) is 5.11 Å². The van der Waals surface area contributed by atoms with Crippen LogP contribution in [-0.2, 0) is 4.74 Å². The quantitative estimate of drug-likeness (QED) is 0.795. The Hall–Kier alpha value is -1.46. The van der Waals surface area contributed by atoms with E-state index in [-0.39, 0.29) is 12.0 Å². The van der Waals surface area contributed by atoms with Crippen LogP contribution in [0.1, 0.15) is 0 Å². The van der Waals surface area contributed by atoms with E-state index < -0.39 is 0 Å². The molecule has 1 aromatic rings. The van der Waals surface area contributed by atoms with Crippen molar-refractivity contribution in [2.75, 3.05) is 45.9 Å². The number of hydrogen-bond acceptors (Lipinski definition) is 5. The number of methoxy groups -OCH3 is 2. The SMILES string of the molecule is COc1ccc(NCC2(CO)COC2)c(OC)c1. The Morgan fingerprint density at radius 2 is 2.11 bits per heavy atom. The number of aliphatic hydroxyl groups is 1. The normalized spacial score (nSPS) is 16.8. The Bertz CT molecular complexity index is 398. The second-order valence-electron chi connectivity index (χ2n) is 4.57. The van der Waals surface area contributed by atoms with E-state index in [1.807, 2.05) is 18.2 Å². The molecular formula is C13H19NO4. The molecule has 1 aliphatic heterocycles. The van der Waals surface area contributed by atoms with Gasteiger partial charge in [-0.05, 0) is 12.1 Å². The Morgan fingerprint density at radius 3 is 2.61 bits per heavy atom. The molecule has 1 saturated heterocycles. The molecule has 2 N–H and O–H groups in total. The van der Waals surface area contributed by atoms with Crippen molar-refractivity contribution in [1.29, 1.82) is 0 Å². The van der Waals surface area contributed by atoms with Gasteiger partial charge in [0.05, 0.1) is 45.1 Å². The molecule has 18 heavy (non-hydrogen) atoms. The lowest BCUT2D eigenvalue weighted by molar-refractivity contribution is -0.128. The van der Waals surface area contributed by atoms with Crippen molar-refractivity contribution in [3.63, 3.8) is 0 Å². The summed E-state index contributed by atoms with van der Waals surface area (Å²) in [5.74, 6) is 1.48. The van der Waals surface area contributed by atoms with E-state index in [1.54, 1.807) is 14.2 Å². The summed E-state index contributed by atoms with van der Waals surface area (Å²) in [6.45, 7) is 1.97. The fourth-order valence-corrected chi connectivity index (χ4v) is 1.87. The number of anilines is 1. The molecule has 0 saturated carbocycles. The van der Waals surface area contributed by atoms with Gasteiger partial charge >= 0.3 is 0 Å². The lowest BCUT2D eigenvalue weighted by Crippen LogP contribution is -2.50. The van der Waals surface area contributed by atoms with Gasteiger partial charge in [-0.2, -0.15) is 0 Å². The second kappa shape index (κ2) is 5.46. The van der Waals surface area contributed by atoms with Crippen molar-refractivity contribution < 1.29 is 19.3 Å². The third kappa shape index (κ3) is 2.52. The van der Waals surface area contributed by atoms with E-state index in [0.29, 0.717) is 19.8 Å². The number of benzene rings is 1. The smallest absolute Gasteiger partial charge is 0.145 e. The molecule has 1 aliphatic rings. The number of hydrogen-bond donors (Lipinski definition) is 2. The Morgan fingerprint density at radius 1 is 1.33 bits per heavy atom. The molecule has 0 atom stereocenters. The van der Waals surface area contributed by atoms with Gasteiger partial charge in [0, 0.05) is 12.6 Å². The van der Waals surface area contributed by atoms with Gasteiger partial charge in [-0.15, -0.1) is 0 Å². The number of nitrogens with one attached hydrogen (secondary N) is 1. The minimum Gasteiger partial charge on any atom is -0.497 e. The topological polar surface area (TPSA) is 60.0 Å². The zero-order valence-electron chi connectivity index (χ0n) is 10.7. The van der Waals surface area contributed by atoms with Gasteiger partial charge in [0.15, 0.2) is 0 Å². The third-order valence-electron chi connectivity index (χ3n) is 3.21. The van der Waals surface area contributed by atoms with Crippen LogP contribution in [0.4, 0.5) is 5.69 Å². The maximum Gasteiger partial charge on any atom is 0.145 e. The molecule has 5 nitrogen and oxygen atoms in total. The molecule has 0 spiro atoms. The van der Waals surface area contributed by atoms with Crippen molar-refractivity contribution in [3.05, 3.63) is 18.2 Å². The fraction of sp³-hybridized carbons (Fsp3) is 0.538. The van der Waals surface area contributed by atoms with Gasteiger partial charge in [-0.1, -0.05) is 0 Å². The molecule has 1 aromatic carbocycles. The molecule has 0 unspecified atom stereocenters. The highest BCUT2D eigenvalue weighted by Crippen LogP contribution is 2.32. The van der Waals surface area contributed by atoms with E-state index in [4.69, 9.17) is 14.2 Å². The first-order valence-corrected chi connectivity index (χ1v) is 5.87. The Labute approximate surface area is 107 Å². The molecule has 1 heterocycles. The molecule has 5 heteroatoms. The maximum atomic E-state index is 9.35. The summed E-state index contributed by atoms with van der Waals surface area (Å²) < 4.78 is 15.6. The Kier molecular flexibility index (Phi) is 3.93. The summed E-state index contributed by atoms with van der Waals surface area (Å²) in [6, 6.07) is 5.60. The van der Waals surface area contributed by atoms with E-state index >= 15 is 0 Å². The van der Waals surface area contributed by atoms with Crippen LogP contribution < -0.4 is 14.8 Å². The van der Waals surface area contributed by atoms with E-state index in [2.05, 4.69) is 5.32 Å². The van der Waals surface area contributed by atoms with Gasteiger partial charge in [0.25, 0.3) is 0 Å². The van der Waals surface area contributed by atoms with E-state index in [1.165, 1.54) is 0 Å². The first kappa shape index (κ1) is 13.0. The maximum absolute atomic E-state index is 9.35. The molecular weight excluding hydrogens is 234 g/mol. The highest BCUT2D eigenvalue weighted by atomic mass is 16.5. The van der Waals surface area contributed by atoms with Crippen LogP contribution in [0.25, 0.3) is 0 Å². The summed E-state index contributed by atoms with van der Waals surface area (Å²) in [7, 11) is 3.24. The first-order chi connectivity index (χ1) is 8.73. The molecule has 0 bridgehead atoms. The average molecular weight is 253 g/mol. The molecule has 2 rings (SSSR count). The first-order valence-electron chi connectivity index (χ1n) is 5.87. The zero-order chi connectivity index (χ0) is 13.0. The van der Waals surface area contributed by atoms with Crippen molar-refractivity contribution >= 4 is 5.69 Å². The van der Waals surface area contributed by atoms with Gasteiger partial charge in [0.2, 0.25) is 0 Å². The lowest BCUT2D eigenvalue weighted by atomic mass is 9.87. The lowest BCUT2D eigenvalue weighted by Gasteiger charge is -2.40. The van der Waals surface area contributed by atoms with Crippen LogP contribution in [-0.4, -0.2) is 45.7 Å². The molecule has 0 radical (unpaired) electrons. The zero-order valence-corrected chi connectivity index (χ0v) is 10.7. The van der Waals surface area contributed by atoms with Crippen LogP contribution in [0.3, 0.4) is 0 Å². The molecule has 1 fully saturated rings. The summed E-state index contributed by atoms with van der Waals surface area (Å²) in [6.07, 6.45) is 0. The fourth-order valence-electron chi connectivity index (χ4n) is 1.87. The van der Waals surface area contributed by atoms with Crippen molar-refractivity contribution in [2.24, 2.45) is 5.41 Å². The van der Waals surface area contributed by atoms with Crippen LogP contribution in [0.2, 0.25) is 0 Å². The summed E-state index contributed by atoms with van der Waals surface area (Å²) in [4.78, 5) is 0. The van der Waals surface area contributed by atoms with Crippen LogP contribution in [0.5, 0.6) is 11.5 Å².